The van der Waals surface area contributed by atoms with E-state index < -0.39 is 18.5 Å². The number of anilines is 1. The molecule has 0 spiro atoms. The summed E-state index contributed by atoms with van der Waals surface area (Å²) >= 11 is 5.95. The lowest BCUT2D eigenvalue weighted by Crippen LogP contribution is -2.21. The highest BCUT2D eigenvalue weighted by molar-refractivity contribution is 6.31. The van der Waals surface area contributed by atoms with Gasteiger partial charge in [-0.05, 0) is 50.6 Å². The Morgan fingerprint density at radius 2 is 1.82 bits per heavy atom. The third kappa shape index (κ3) is 4.23. The van der Waals surface area contributed by atoms with Gasteiger partial charge < -0.3 is 10.1 Å². The van der Waals surface area contributed by atoms with Crippen LogP contribution in [0.15, 0.2) is 48.5 Å². The van der Waals surface area contributed by atoms with Gasteiger partial charge in [0.05, 0.1) is 17.1 Å². The molecule has 0 bridgehead atoms. The van der Waals surface area contributed by atoms with Crippen molar-refractivity contribution in [2.24, 2.45) is 0 Å². The zero-order valence-electron chi connectivity index (χ0n) is 15.8. The summed E-state index contributed by atoms with van der Waals surface area (Å²) in [5, 5.41) is 7.63. The van der Waals surface area contributed by atoms with Gasteiger partial charge in [-0.2, -0.15) is 5.10 Å². The van der Waals surface area contributed by atoms with Crippen molar-refractivity contribution in [2.45, 2.75) is 20.8 Å². The fourth-order valence-electron chi connectivity index (χ4n) is 2.88. The van der Waals surface area contributed by atoms with Gasteiger partial charge in [0.25, 0.3) is 5.91 Å². The largest absolute Gasteiger partial charge is 0.452 e. The predicted molar refractivity (Wildman–Crippen MR) is 108 cm³/mol. The number of hydrogen-bond acceptors (Lipinski definition) is 4. The molecule has 0 aliphatic heterocycles. The molecule has 3 aromatic rings. The van der Waals surface area contributed by atoms with Crippen molar-refractivity contribution in [2.75, 3.05) is 11.9 Å². The molecular formula is C21H20ClN3O3. The van der Waals surface area contributed by atoms with E-state index in [1.807, 2.05) is 37.3 Å². The lowest BCUT2D eigenvalue weighted by atomic mass is 10.2. The molecular weight excluding hydrogens is 378 g/mol. The smallest absolute Gasteiger partial charge is 0.342 e. The lowest BCUT2D eigenvalue weighted by molar-refractivity contribution is -0.119. The molecule has 6 nitrogen and oxygen atoms in total. The molecule has 3 rings (SSSR count). The maximum atomic E-state index is 12.5. The number of nitrogens with one attached hydrogen (secondary N) is 1. The summed E-state index contributed by atoms with van der Waals surface area (Å²) in [5.74, 6) is -1.03. The van der Waals surface area contributed by atoms with Crippen LogP contribution in [0.5, 0.6) is 0 Å². The third-order valence-electron chi connectivity index (χ3n) is 4.30. The Hall–Kier alpha value is -3.12. The van der Waals surface area contributed by atoms with Crippen molar-refractivity contribution in [1.82, 2.24) is 9.78 Å². The Morgan fingerprint density at radius 3 is 2.54 bits per heavy atom. The number of ether oxygens (including phenoxy) is 1. The van der Waals surface area contributed by atoms with E-state index in [-0.39, 0.29) is 0 Å². The van der Waals surface area contributed by atoms with Gasteiger partial charge in [0.15, 0.2) is 6.61 Å². The summed E-state index contributed by atoms with van der Waals surface area (Å²) in [6, 6.07) is 14.7. The van der Waals surface area contributed by atoms with E-state index in [1.165, 1.54) is 0 Å². The number of para-hydroxylation sites is 1. The normalized spacial score (nSPS) is 10.6. The third-order valence-corrected chi connectivity index (χ3v) is 4.54. The van der Waals surface area contributed by atoms with Crippen LogP contribution in [0.25, 0.3) is 5.69 Å². The molecule has 0 fully saturated rings. The van der Waals surface area contributed by atoms with Gasteiger partial charge in [0.1, 0.15) is 5.56 Å². The molecule has 0 radical (unpaired) electrons. The summed E-state index contributed by atoms with van der Waals surface area (Å²) in [6.45, 7) is 4.97. The van der Waals surface area contributed by atoms with E-state index >= 15 is 0 Å². The predicted octanol–water partition coefficient (Wildman–Crippen LogP) is 4.25. The van der Waals surface area contributed by atoms with Gasteiger partial charge in [-0.25, -0.2) is 9.48 Å². The topological polar surface area (TPSA) is 73.2 Å². The standard InChI is InChI=1S/C21H20ClN3O3/c1-13-9-10-16(22)11-18(13)23-19(26)12-28-21(27)20-14(2)24-25(15(20)3)17-7-5-4-6-8-17/h4-11H,12H2,1-3H3,(H,23,26). The van der Waals surface area contributed by atoms with Crippen molar-refractivity contribution in [3.8, 4) is 5.69 Å². The summed E-state index contributed by atoms with van der Waals surface area (Å²) in [6.07, 6.45) is 0. The van der Waals surface area contributed by atoms with Crippen LogP contribution in [-0.4, -0.2) is 28.3 Å². The number of benzene rings is 2. The second kappa shape index (κ2) is 8.27. The minimum Gasteiger partial charge on any atom is -0.452 e. The van der Waals surface area contributed by atoms with Crippen LogP contribution in [0.2, 0.25) is 5.02 Å². The van der Waals surface area contributed by atoms with E-state index in [0.29, 0.717) is 27.7 Å². The molecule has 0 saturated carbocycles. The van der Waals surface area contributed by atoms with E-state index in [2.05, 4.69) is 10.4 Å². The fourth-order valence-corrected chi connectivity index (χ4v) is 3.05. The first-order chi connectivity index (χ1) is 13.4. The maximum Gasteiger partial charge on any atom is 0.342 e. The lowest BCUT2D eigenvalue weighted by Gasteiger charge is -2.09. The van der Waals surface area contributed by atoms with Gasteiger partial charge in [0.2, 0.25) is 0 Å². The zero-order chi connectivity index (χ0) is 20.3. The molecule has 0 saturated heterocycles. The molecule has 1 heterocycles. The number of hydrogen-bond donors (Lipinski definition) is 1. The molecule has 1 N–H and O–H groups in total. The molecule has 0 unspecified atom stereocenters. The molecule has 0 aliphatic carbocycles. The molecule has 7 heteroatoms. The van der Waals surface area contributed by atoms with E-state index in [9.17, 15) is 9.59 Å². The van der Waals surface area contributed by atoms with Crippen LogP contribution in [0.3, 0.4) is 0 Å². The average molecular weight is 398 g/mol. The Balaban J connectivity index is 1.69. The number of rotatable bonds is 5. The first-order valence-electron chi connectivity index (χ1n) is 8.71. The minimum absolute atomic E-state index is 0.357. The van der Waals surface area contributed by atoms with Crippen LogP contribution in [-0.2, 0) is 9.53 Å². The highest BCUT2D eigenvalue weighted by Gasteiger charge is 2.21. The monoisotopic (exact) mass is 397 g/mol. The summed E-state index contributed by atoms with van der Waals surface area (Å²) in [4.78, 5) is 24.7. The quantitative estimate of drug-likeness (QED) is 0.653. The molecule has 1 aromatic heterocycles. The summed E-state index contributed by atoms with van der Waals surface area (Å²) in [7, 11) is 0. The average Bonchev–Trinajstić information content (AvgIpc) is 2.98. The summed E-state index contributed by atoms with van der Waals surface area (Å²) in [5.41, 5.74) is 3.84. The molecule has 144 valence electrons. The van der Waals surface area contributed by atoms with Gasteiger partial charge in [-0.3, -0.25) is 4.79 Å². The number of nitrogens with zero attached hydrogens (tertiary/aromatic N) is 2. The second-order valence-corrected chi connectivity index (χ2v) is 6.81. The molecule has 0 atom stereocenters. The Morgan fingerprint density at radius 1 is 1.11 bits per heavy atom. The minimum atomic E-state index is -0.588. The van der Waals surface area contributed by atoms with Crippen LogP contribution in [0, 0.1) is 20.8 Å². The van der Waals surface area contributed by atoms with Crippen molar-refractivity contribution in [3.63, 3.8) is 0 Å². The Bertz CT molecular complexity index is 1030. The van der Waals surface area contributed by atoms with Crippen molar-refractivity contribution in [3.05, 3.63) is 76.1 Å². The van der Waals surface area contributed by atoms with Crippen molar-refractivity contribution < 1.29 is 14.3 Å². The molecule has 2 aromatic carbocycles. The first-order valence-corrected chi connectivity index (χ1v) is 9.09. The number of carbonyl (C=O) groups is 2. The van der Waals surface area contributed by atoms with Crippen LogP contribution in [0.4, 0.5) is 5.69 Å². The first kappa shape index (κ1) is 19.6. The highest BCUT2D eigenvalue weighted by Crippen LogP contribution is 2.21. The maximum absolute atomic E-state index is 12.5. The molecule has 1 amide bonds. The molecule has 28 heavy (non-hydrogen) atoms. The Kier molecular flexibility index (Phi) is 5.80. The number of carbonyl (C=O) groups excluding carboxylic acids is 2. The van der Waals surface area contributed by atoms with Crippen molar-refractivity contribution >= 4 is 29.2 Å². The molecule has 0 aliphatic rings. The fraction of sp³-hybridized carbons (Fsp3) is 0.190. The van der Waals surface area contributed by atoms with Crippen molar-refractivity contribution in [1.29, 1.82) is 0 Å². The number of amides is 1. The second-order valence-electron chi connectivity index (χ2n) is 6.38. The summed E-state index contributed by atoms with van der Waals surface area (Å²) < 4.78 is 6.89. The van der Waals surface area contributed by atoms with E-state index in [4.69, 9.17) is 16.3 Å². The number of halogens is 1. The van der Waals surface area contributed by atoms with Crippen LogP contribution >= 0.6 is 11.6 Å². The zero-order valence-corrected chi connectivity index (χ0v) is 16.6. The van der Waals surface area contributed by atoms with Gasteiger partial charge in [-0.1, -0.05) is 35.9 Å². The highest BCUT2D eigenvalue weighted by atomic mass is 35.5. The SMILES string of the molecule is Cc1ccc(Cl)cc1NC(=O)COC(=O)c1c(C)nn(-c2ccccc2)c1C. The number of aryl methyl sites for hydroxylation is 2. The number of esters is 1. The van der Waals surface area contributed by atoms with Gasteiger partial charge in [-0.15, -0.1) is 0 Å². The number of aromatic nitrogens is 2. The Labute approximate surface area is 168 Å². The van der Waals surface area contributed by atoms with Gasteiger partial charge >= 0.3 is 5.97 Å². The van der Waals surface area contributed by atoms with Crippen LogP contribution in [0.1, 0.15) is 27.3 Å². The van der Waals surface area contributed by atoms with E-state index in [0.717, 1.165) is 11.3 Å². The van der Waals surface area contributed by atoms with E-state index in [1.54, 1.807) is 36.7 Å². The van der Waals surface area contributed by atoms with Gasteiger partial charge in [0, 0.05) is 10.7 Å². The van der Waals surface area contributed by atoms with Crippen LogP contribution < -0.4 is 5.32 Å².